The average molecular weight is 325 g/mol. The van der Waals surface area contributed by atoms with Crippen molar-refractivity contribution in [1.29, 1.82) is 0 Å². The van der Waals surface area contributed by atoms with E-state index in [1.54, 1.807) is 11.8 Å². The Kier molecular flexibility index (Phi) is 3.81. The number of hydrogen-bond donors (Lipinski definition) is 0. The summed E-state index contributed by atoms with van der Waals surface area (Å²) in [6.07, 6.45) is 5.15. The maximum atomic E-state index is 12.2. The number of rotatable bonds is 4. The van der Waals surface area contributed by atoms with Crippen LogP contribution in [0.3, 0.4) is 0 Å². The third kappa shape index (κ3) is 2.67. The molecule has 0 N–H and O–H groups in total. The third-order valence-electron chi connectivity index (χ3n) is 4.35. The van der Waals surface area contributed by atoms with Crippen molar-refractivity contribution in [1.82, 2.24) is 0 Å². The highest BCUT2D eigenvalue weighted by atomic mass is 79.9. The van der Waals surface area contributed by atoms with Crippen LogP contribution in [0.25, 0.3) is 0 Å². The van der Waals surface area contributed by atoms with Crippen LogP contribution in [-0.4, -0.2) is 11.5 Å². The van der Waals surface area contributed by atoms with Crippen molar-refractivity contribution >= 4 is 33.5 Å². The predicted octanol–water partition coefficient (Wildman–Crippen LogP) is 4.55. The van der Waals surface area contributed by atoms with Crippen LogP contribution < -0.4 is 0 Å². The Morgan fingerprint density at radius 3 is 2.61 bits per heavy atom. The molecular weight excluding hydrogens is 308 g/mol. The van der Waals surface area contributed by atoms with E-state index in [2.05, 4.69) is 28.1 Å². The summed E-state index contributed by atoms with van der Waals surface area (Å²) < 4.78 is 1.09. The molecule has 0 radical (unpaired) electrons. The van der Waals surface area contributed by atoms with Gasteiger partial charge < -0.3 is 0 Å². The van der Waals surface area contributed by atoms with E-state index in [9.17, 15) is 4.79 Å². The fraction of sp³-hybridized carbons (Fsp3) is 0.533. The highest BCUT2D eigenvalue weighted by Crippen LogP contribution is 2.48. The van der Waals surface area contributed by atoms with Gasteiger partial charge >= 0.3 is 0 Å². The van der Waals surface area contributed by atoms with Crippen molar-refractivity contribution < 1.29 is 4.79 Å². The smallest absolute Gasteiger partial charge is 0.146 e. The Hall–Kier alpha value is -0.280. The Morgan fingerprint density at radius 2 is 2.00 bits per heavy atom. The number of halogens is 1. The van der Waals surface area contributed by atoms with Crippen molar-refractivity contribution in [3.8, 4) is 0 Å². The van der Waals surface area contributed by atoms with Gasteiger partial charge in [-0.05, 0) is 55.4 Å². The van der Waals surface area contributed by atoms with E-state index in [0.29, 0.717) is 23.4 Å². The highest BCUT2D eigenvalue weighted by Gasteiger charge is 2.42. The van der Waals surface area contributed by atoms with Crippen LogP contribution in [0.1, 0.15) is 25.7 Å². The minimum atomic E-state index is 0.381. The van der Waals surface area contributed by atoms with E-state index >= 15 is 0 Å². The molecule has 2 aliphatic carbocycles. The standard InChI is InChI=1S/C15H17BrOS/c16-12-3-5-13(6-4-12)18-9-15(17)14-8-10-1-2-11(14)7-10/h3-6,10-11,14H,1-2,7-9H2. The summed E-state index contributed by atoms with van der Waals surface area (Å²) >= 11 is 5.11. The van der Waals surface area contributed by atoms with E-state index in [4.69, 9.17) is 0 Å². The number of thioether (sulfide) groups is 1. The number of benzene rings is 1. The molecule has 18 heavy (non-hydrogen) atoms. The molecule has 2 saturated carbocycles. The summed E-state index contributed by atoms with van der Waals surface area (Å²) in [6.45, 7) is 0. The average Bonchev–Trinajstić information content (AvgIpc) is 3.00. The first-order chi connectivity index (χ1) is 8.72. The van der Waals surface area contributed by atoms with E-state index < -0.39 is 0 Å². The summed E-state index contributed by atoms with van der Waals surface area (Å²) in [5, 5.41) is 0. The molecule has 96 valence electrons. The van der Waals surface area contributed by atoms with Gasteiger partial charge in [-0.25, -0.2) is 0 Å². The zero-order valence-corrected chi connectivity index (χ0v) is 12.7. The SMILES string of the molecule is O=C(CSc1ccc(Br)cc1)C1CC2CCC1C2. The molecule has 0 amide bonds. The fourth-order valence-corrected chi connectivity index (χ4v) is 4.55. The van der Waals surface area contributed by atoms with Crippen molar-refractivity contribution in [2.75, 3.05) is 5.75 Å². The van der Waals surface area contributed by atoms with E-state index in [1.165, 1.54) is 30.6 Å². The van der Waals surface area contributed by atoms with Crippen molar-refractivity contribution in [2.45, 2.75) is 30.6 Å². The molecule has 0 aromatic heterocycles. The van der Waals surface area contributed by atoms with Crippen LogP contribution in [-0.2, 0) is 4.79 Å². The quantitative estimate of drug-likeness (QED) is 0.756. The van der Waals surface area contributed by atoms with Crippen LogP contribution in [0.2, 0.25) is 0 Å². The van der Waals surface area contributed by atoms with Crippen LogP contribution in [0.15, 0.2) is 33.6 Å². The first kappa shape index (κ1) is 12.7. The van der Waals surface area contributed by atoms with Gasteiger partial charge in [0.25, 0.3) is 0 Å². The van der Waals surface area contributed by atoms with Crippen molar-refractivity contribution in [3.05, 3.63) is 28.7 Å². The van der Waals surface area contributed by atoms with Gasteiger partial charge in [0.2, 0.25) is 0 Å². The molecule has 2 bridgehead atoms. The molecule has 0 spiro atoms. The van der Waals surface area contributed by atoms with Crippen LogP contribution in [0, 0.1) is 17.8 Å². The lowest BCUT2D eigenvalue weighted by Crippen LogP contribution is -2.22. The number of hydrogen-bond acceptors (Lipinski definition) is 2. The molecular formula is C15H17BrOS. The minimum absolute atomic E-state index is 0.381. The Bertz CT molecular complexity index is 442. The molecule has 0 saturated heterocycles. The topological polar surface area (TPSA) is 17.1 Å². The number of carbonyl (C=O) groups is 1. The number of Topliss-reactive ketones (excluding diaryl/α,β-unsaturated/α-hetero) is 1. The predicted molar refractivity (Wildman–Crippen MR) is 78.8 cm³/mol. The number of fused-ring (bicyclic) bond motifs is 2. The number of ketones is 1. The zero-order chi connectivity index (χ0) is 12.5. The van der Waals surface area contributed by atoms with E-state index in [0.717, 1.165) is 10.4 Å². The molecule has 3 heteroatoms. The lowest BCUT2D eigenvalue weighted by Gasteiger charge is -2.19. The normalized spacial score (nSPS) is 29.7. The first-order valence-corrected chi connectivity index (χ1v) is 8.41. The summed E-state index contributed by atoms with van der Waals surface area (Å²) in [4.78, 5) is 13.4. The Morgan fingerprint density at radius 1 is 1.22 bits per heavy atom. The molecule has 2 fully saturated rings. The first-order valence-electron chi connectivity index (χ1n) is 6.63. The molecule has 1 aromatic carbocycles. The highest BCUT2D eigenvalue weighted by molar-refractivity contribution is 9.10. The molecule has 1 aromatic rings. The summed E-state index contributed by atoms with van der Waals surface area (Å²) in [7, 11) is 0. The van der Waals surface area contributed by atoms with Gasteiger partial charge in [0.15, 0.2) is 0 Å². The Labute approximate surface area is 121 Å². The van der Waals surface area contributed by atoms with Gasteiger partial charge in [-0.2, -0.15) is 0 Å². The van der Waals surface area contributed by atoms with Gasteiger partial charge in [-0.1, -0.05) is 22.4 Å². The lowest BCUT2D eigenvalue weighted by molar-refractivity contribution is -0.121. The van der Waals surface area contributed by atoms with Gasteiger partial charge in [-0.3, -0.25) is 4.79 Å². The summed E-state index contributed by atoms with van der Waals surface area (Å²) in [6, 6.07) is 8.21. The summed E-state index contributed by atoms with van der Waals surface area (Å²) in [5.41, 5.74) is 0. The van der Waals surface area contributed by atoms with Crippen LogP contribution in [0.4, 0.5) is 0 Å². The minimum Gasteiger partial charge on any atom is -0.298 e. The molecule has 2 aliphatic rings. The third-order valence-corrected chi connectivity index (χ3v) is 5.91. The summed E-state index contributed by atoms with van der Waals surface area (Å²) in [5.74, 6) is 3.09. The maximum absolute atomic E-state index is 12.2. The van der Waals surface area contributed by atoms with Gasteiger partial charge in [-0.15, -0.1) is 11.8 Å². The molecule has 1 nitrogen and oxygen atoms in total. The van der Waals surface area contributed by atoms with E-state index in [-0.39, 0.29) is 0 Å². The largest absolute Gasteiger partial charge is 0.298 e. The maximum Gasteiger partial charge on any atom is 0.146 e. The fourth-order valence-electron chi connectivity index (χ4n) is 3.43. The van der Waals surface area contributed by atoms with Gasteiger partial charge in [0.05, 0.1) is 5.75 Å². The second-order valence-corrected chi connectivity index (χ2v) is 7.45. The zero-order valence-electron chi connectivity index (χ0n) is 10.3. The van der Waals surface area contributed by atoms with Gasteiger partial charge in [0, 0.05) is 15.3 Å². The second-order valence-electron chi connectivity index (χ2n) is 5.49. The molecule has 3 unspecified atom stereocenters. The molecule has 0 aliphatic heterocycles. The molecule has 0 heterocycles. The van der Waals surface area contributed by atoms with E-state index in [1.807, 2.05) is 12.1 Å². The number of carbonyl (C=O) groups excluding carboxylic acids is 1. The molecule has 3 rings (SSSR count). The van der Waals surface area contributed by atoms with Gasteiger partial charge in [0.1, 0.15) is 5.78 Å². The van der Waals surface area contributed by atoms with Crippen LogP contribution >= 0.6 is 27.7 Å². The lowest BCUT2D eigenvalue weighted by atomic mass is 9.86. The Balaban J connectivity index is 1.54. The van der Waals surface area contributed by atoms with Crippen molar-refractivity contribution in [3.63, 3.8) is 0 Å². The second kappa shape index (κ2) is 5.38. The monoisotopic (exact) mass is 324 g/mol. The van der Waals surface area contributed by atoms with Crippen LogP contribution in [0.5, 0.6) is 0 Å². The van der Waals surface area contributed by atoms with Crippen molar-refractivity contribution in [2.24, 2.45) is 17.8 Å². The molecule has 3 atom stereocenters.